The molecule has 0 aliphatic heterocycles. The van der Waals surface area contributed by atoms with Crippen LogP contribution < -0.4 is 0 Å². The second-order valence-electron chi connectivity index (χ2n) is 2.09. The monoisotopic (exact) mass is 172 g/mol. The van der Waals surface area contributed by atoms with Crippen molar-refractivity contribution >= 4 is 11.2 Å². The molecule has 0 aliphatic rings. The first-order valence-electron chi connectivity index (χ1n) is 3.38. The standard InChI is InChI=1S/C8H9FOS/c1-2-11(10)8-5-3-7(9)4-6-8/h3-6H,2H2,1H3. The third-order valence-electron chi connectivity index (χ3n) is 1.34. The molecule has 3 heteroatoms. The lowest BCUT2D eigenvalue weighted by molar-refractivity contribution is 0.595. The lowest BCUT2D eigenvalue weighted by Gasteiger charge is -2.06. The van der Waals surface area contributed by atoms with Crippen molar-refractivity contribution in [1.29, 1.82) is 0 Å². The van der Waals surface area contributed by atoms with Crippen LogP contribution in [0.4, 0.5) is 4.39 Å². The third-order valence-corrected chi connectivity index (χ3v) is 2.66. The van der Waals surface area contributed by atoms with Gasteiger partial charge < -0.3 is 4.55 Å². The molecule has 0 N–H and O–H groups in total. The van der Waals surface area contributed by atoms with Gasteiger partial charge in [-0.15, -0.1) is 0 Å². The molecule has 0 radical (unpaired) electrons. The summed E-state index contributed by atoms with van der Waals surface area (Å²) in [6, 6.07) is 5.75. The van der Waals surface area contributed by atoms with Crippen molar-refractivity contribution < 1.29 is 8.94 Å². The van der Waals surface area contributed by atoms with E-state index in [1.54, 1.807) is 12.1 Å². The molecule has 0 amide bonds. The van der Waals surface area contributed by atoms with E-state index in [0.29, 0.717) is 10.6 Å². The van der Waals surface area contributed by atoms with Crippen LogP contribution in [0.15, 0.2) is 29.2 Å². The van der Waals surface area contributed by atoms with E-state index in [1.165, 1.54) is 12.1 Å². The van der Waals surface area contributed by atoms with Crippen LogP contribution >= 0.6 is 0 Å². The molecule has 11 heavy (non-hydrogen) atoms. The van der Waals surface area contributed by atoms with Crippen LogP contribution in [0, 0.1) is 5.82 Å². The van der Waals surface area contributed by atoms with Gasteiger partial charge in [0, 0.05) is 0 Å². The fraction of sp³-hybridized carbons (Fsp3) is 0.250. The smallest absolute Gasteiger partial charge is 0.152 e. The quantitative estimate of drug-likeness (QED) is 0.625. The highest BCUT2D eigenvalue weighted by atomic mass is 32.2. The topological polar surface area (TPSA) is 23.1 Å². The Balaban J connectivity index is 2.81. The Morgan fingerprint density at radius 1 is 1.36 bits per heavy atom. The predicted molar refractivity (Wildman–Crippen MR) is 43.3 cm³/mol. The number of hydrogen-bond donors (Lipinski definition) is 0. The molecule has 0 aliphatic carbocycles. The summed E-state index contributed by atoms with van der Waals surface area (Å²) in [6.07, 6.45) is 0. The second kappa shape index (κ2) is 3.74. The highest BCUT2D eigenvalue weighted by Gasteiger charge is 2.05. The molecular weight excluding hydrogens is 163 g/mol. The lowest BCUT2D eigenvalue weighted by Crippen LogP contribution is -2.03. The summed E-state index contributed by atoms with van der Waals surface area (Å²) in [5.74, 6) is 0.285. The minimum atomic E-state index is -0.965. The van der Waals surface area contributed by atoms with Crippen LogP contribution in [0.2, 0.25) is 0 Å². The van der Waals surface area contributed by atoms with Gasteiger partial charge in [0.15, 0.2) is 4.90 Å². The zero-order valence-corrected chi connectivity index (χ0v) is 7.03. The number of rotatable bonds is 2. The molecular formula is C8H9FOS. The average Bonchev–Trinajstić information content (AvgIpc) is 2.05. The molecule has 1 unspecified atom stereocenters. The van der Waals surface area contributed by atoms with Crippen LogP contribution in [0.5, 0.6) is 0 Å². The Morgan fingerprint density at radius 2 is 1.91 bits per heavy atom. The number of benzene rings is 1. The van der Waals surface area contributed by atoms with Gasteiger partial charge in [-0.3, -0.25) is 0 Å². The first kappa shape index (κ1) is 8.56. The van der Waals surface area contributed by atoms with E-state index in [1.807, 2.05) is 6.92 Å². The average molecular weight is 172 g/mol. The van der Waals surface area contributed by atoms with E-state index in [0.717, 1.165) is 0 Å². The van der Waals surface area contributed by atoms with Crippen LogP contribution in [-0.2, 0) is 11.2 Å². The maximum atomic E-state index is 12.4. The molecule has 0 bridgehead atoms. The first-order valence-corrected chi connectivity index (χ1v) is 4.70. The Hall–Kier alpha value is -0.540. The lowest BCUT2D eigenvalue weighted by atomic mass is 10.4. The van der Waals surface area contributed by atoms with Crippen molar-refractivity contribution in [2.45, 2.75) is 11.8 Å². The zero-order valence-electron chi connectivity index (χ0n) is 6.21. The highest BCUT2D eigenvalue weighted by molar-refractivity contribution is 7.91. The van der Waals surface area contributed by atoms with Gasteiger partial charge >= 0.3 is 0 Å². The van der Waals surface area contributed by atoms with Gasteiger partial charge in [-0.2, -0.15) is 0 Å². The van der Waals surface area contributed by atoms with Gasteiger partial charge in [0.2, 0.25) is 0 Å². The van der Waals surface area contributed by atoms with Gasteiger partial charge in [-0.05, 0) is 42.4 Å². The van der Waals surface area contributed by atoms with Crippen molar-refractivity contribution in [2.24, 2.45) is 0 Å². The minimum Gasteiger partial charge on any atom is -0.611 e. The molecule has 1 rings (SSSR count). The molecule has 60 valence electrons. The van der Waals surface area contributed by atoms with Gasteiger partial charge in [-0.25, -0.2) is 4.39 Å². The van der Waals surface area contributed by atoms with Crippen molar-refractivity contribution in [2.75, 3.05) is 5.75 Å². The fourth-order valence-corrected chi connectivity index (χ4v) is 1.53. The minimum absolute atomic E-state index is 0.290. The maximum absolute atomic E-state index is 12.4. The maximum Gasteiger partial charge on any atom is 0.152 e. The normalized spacial score (nSPS) is 13.0. The SMILES string of the molecule is CC[S+]([O-])c1ccc(F)cc1. The molecule has 1 aromatic carbocycles. The van der Waals surface area contributed by atoms with Crippen LogP contribution in [0.25, 0.3) is 0 Å². The Morgan fingerprint density at radius 3 is 2.36 bits per heavy atom. The highest BCUT2D eigenvalue weighted by Crippen LogP contribution is 2.10. The van der Waals surface area contributed by atoms with Gasteiger partial charge in [-0.1, -0.05) is 0 Å². The Kier molecular flexibility index (Phi) is 2.91. The van der Waals surface area contributed by atoms with Gasteiger partial charge in [0.25, 0.3) is 0 Å². The summed E-state index contributed by atoms with van der Waals surface area (Å²) >= 11 is -0.965. The number of halogens is 1. The predicted octanol–water partition coefficient (Wildman–Crippen LogP) is 1.95. The van der Waals surface area contributed by atoms with E-state index >= 15 is 0 Å². The molecule has 0 saturated heterocycles. The van der Waals surface area contributed by atoms with Crippen molar-refractivity contribution in [3.05, 3.63) is 30.1 Å². The molecule has 1 nitrogen and oxygen atoms in total. The summed E-state index contributed by atoms with van der Waals surface area (Å²) in [5.41, 5.74) is 0. The van der Waals surface area contributed by atoms with E-state index in [2.05, 4.69) is 0 Å². The summed E-state index contributed by atoms with van der Waals surface area (Å²) in [4.78, 5) is 0.689. The van der Waals surface area contributed by atoms with Gasteiger partial charge in [0.1, 0.15) is 11.6 Å². The van der Waals surface area contributed by atoms with Crippen LogP contribution in [0.3, 0.4) is 0 Å². The molecule has 0 aromatic heterocycles. The third kappa shape index (κ3) is 2.20. The fourth-order valence-electron chi connectivity index (χ4n) is 0.753. The van der Waals surface area contributed by atoms with Crippen molar-refractivity contribution in [1.82, 2.24) is 0 Å². The Bertz CT molecular complexity index is 222. The van der Waals surface area contributed by atoms with E-state index in [9.17, 15) is 8.94 Å². The summed E-state index contributed by atoms with van der Waals surface area (Å²) < 4.78 is 23.5. The summed E-state index contributed by atoms with van der Waals surface area (Å²) in [5, 5.41) is 0. The molecule has 0 spiro atoms. The zero-order chi connectivity index (χ0) is 8.27. The largest absolute Gasteiger partial charge is 0.611 e. The van der Waals surface area contributed by atoms with E-state index in [4.69, 9.17) is 0 Å². The van der Waals surface area contributed by atoms with Gasteiger partial charge in [0.05, 0.1) is 0 Å². The van der Waals surface area contributed by atoms with E-state index < -0.39 is 11.2 Å². The molecule has 1 aromatic rings. The summed E-state index contributed by atoms with van der Waals surface area (Å²) in [6.45, 7) is 1.83. The Labute approximate surface area is 68.4 Å². The van der Waals surface area contributed by atoms with Crippen LogP contribution in [0.1, 0.15) is 6.92 Å². The van der Waals surface area contributed by atoms with Crippen LogP contribution in [-0.4, -0.2) is 10.3 Å². The second-order valence-corrected chi connectivity index (χ2v) is 3.83. The molecule has 0 fully saturated rings. The number of hydrogen-bond acceptors (Lipinski definition) is 1. The molecule has 1 atom stereocenters. The molecule has 0 saturated carbocycles. The summed E-state index contributed by atoms with van der Waals surface area (Å²) in [7, 11) is 0. The first-order chi connectivity index (χ1) is 5.24. The van der Waals surface area contributed by atoms with Crippen molar-refractivity contribution in [3.8, 4) is 0 Å². The molecule has 0 heterocycles. The van der Waals surface area contributed by atoms with E-state index in [-0.39, 0.29) is 5.82 Å². The van der Waals surface area contributed by atoms with Crippen molar-refractivity contribution in [3.63, 3.8) is 0 Å².